The fraction of sp³-hybridized carbons (Fsp3) is 0.286. The fourth-order valence-corrected chi connectivity index (χ4v) is 2.13. The Bertz CT molecular complexity index is 537. The number of hydrogen-bond donors (Lipinski definition) is 2. The summed E-state index contributed by atoms with van der Waals surface area (Å²) >= 11 is 1.43. The normalized spacial score (nSPS) is 10.3. The predicted molar refractivity (Wildman–Crippen MR) is 82.1 cm³/mol. The van der Waals surface area contributed by atoms with Crippen LogP contribution in [0.3, 0.4) is 0 Å². The van der Waals surface area contributed by atoms with Crippen LogP contribution in [0.5, 0.6) is 11.6 Å². The molecule has 6 heteroatoms. The van der Waals surface area contributed by atoms with E-state index in [0.717, 1.165) is 18.6 Å². The van der Waals surface area contributed by atoms with Gasteiger partial charge >= 0.3 is 0 Å². The first-order valence-corrected chi connectivity index (χ1v) is 7.64. The molecule has 1 aromatic carbocycles. The maximum atomic E-state index is 5.74. The molecule has 0 aliphatic rings. The molecule has 3 N–H and O–H groups in total. The van der Waals surface area contributed by atoms with Gasteiger partial charge in [-0.15, -0.1) is 0 Å². The van der Waals surface area contributed by atoms with E-state index in [2.05, 4.69) is 34.5 Å². The topological polar surface area (TPSA) is 73.1 Å². The minimum atomic E-state index is 0.473. The van der Waals surface area contributed by atoms with Gasteiger partial charge in [-0.25, -0.2) is 10.8 Å². The molecule has 0 bridgehead atoms. The highest BCUT2D eigenvalue weighted by molar-refractivity contribution is 7.98. The van der Waals surface area contributed by atoms with Crippen molar-refractivity contribution in [2.75, 3.05) is 11.7 Å². The van der Waals surface area contributed by atoms with Crippen LogP contribution in [0.15, 0.2) is 35.5 Å². The average molecular weight is 290 g/mol. The smallest absolute Gasteiger partial charge is 0.225 e. The van der Waals surface area contributed by atoms with Gasteiger partial charge in [0, 0.05) is 6.07 Å². The van der Waals surface area contributed by atoms with Gasteiger partial charge in [-0.2, -0.15) is 4.98 Å². The maximum absolute atomic E-state index is 5.74. The number of nitrogens with two attached hydrogens (primary N) is 1. The zero-order chi connectivity index (χ0) is 14.4. The Morgan fingerprint density at radius 2 is 2.00 bits per heavy atom. The first-order chi connectivity index (χ1) is 9.75. The number of hydrazine groups is 1. The molecule has 1 aromatic heterocycles. The van der Waals surface area contributed by atoms with Gasteiger partial charge < -0.3 is 10.2 Å². The summed E-state index contributed by atoms with van der Waals surface area (Å²) in [6.07, 6.45) is 4.11. The SMILES string of the molecule is CCCc1ccc(Oc2cc(NN)nc(SC)n2)cc1. The van der Waals surface area contributed by atoms with E-state index in [1.165, 1.54) is 17.3 Å². The van der Waals surface area contributed by atoms with E-state index < -0.39 is 0 Å². The monoisotopic (exact) mass is 290 g/mol. The number of rotatable bonds is 6. The second-order valence-corrected chi connectivity index (χ2v) is 4.99. The largest absolute Gasteiger partial charge is 0.439 e. The van der Waals surface area contributed by atoms with Crippen LogP contribution < -0.4 is 16.0 Å². The van der Waals surface area contributed by atoms with Gasteiger partial charge in [-0.05, 0) is 30.4 Å². The molecule has 0 spiro atoms. The number of anilines is 1. The molecule has 0 radical (unpaired) electrons. The number of aryl methyl sites for hydroxylation is 1. The lowest BCUT2D eigenvalue weighted by atomic mass is 10.1. The quantitative estimate of drug-likeness (QED) is 0.368. The Labute approximate surface area is 122 Å². The van der Waals surface area contributed by atoms with Gasteiger partial charge in [0.25, 0.3) is 0 Å². The molecule has 0 fully saturated rings. The lowest BCUT2D eigenvalue weighted by molar-refractivity contribution is 0.456. The van der Waals surface area contributed by atoms with Gasteiger partial charge in [0.15, 0.2) is 5.16 Å². The maximum Gasteiger partial charge on any atom is 0.225 e. The van der Waals surface area contributed by atoms with Crippen LogP contribution in [-0.2, 0) is 6.42 Å². The molecule has 5 nitrogen and oxygen atoms in total. The Hall–Kier alpha value is -1.79. The lowest BCUT2D eigenvalue weighted by Crippen LogP contribution is -2.09. The molecule has 0 aliphatic heterocycles. The van der Waals surface area contributed by atoms with E-state index >= 15 is 0 Å². The molecule has 1 heterocycles. The first-order valence-electron chi connectivity index (χ1n) is 6.41. The highest BCUT2D eigenvalue weighted by Crippen LogP contribution is 2.24. The van der Waals surface area contributed by atoms with E-state index in [9.17, 15) is 0 Å². The zero-order valence-corrected chi connectivity index (χ0v) is 12.4. The molecule has 106 valence electrons. The van der Waals surface area contributed by atoms with E-state index in [-0.39, 0.29) is 0 Å². The summed E-state index contributed by atoms with van der Waals surface area (Å²) in [5.74, 6) is 7.13. The molecule has 0 unspecified atom stereocenters. The Kier molecular flexibility index (Phi) is 5.20. The summed E-state index contributed by atoms with van der Waals surface area (Å²) < 4.78 is 5.74. The zero-order valence-electron chi connectivity index (χ0n) is 11.6. The van der Waals surface area contributed by atoms with Gasteiger partial charge in [0.1, 0.15) is 11.6 Å². The van der Waals surface area contributed by atoms with Crippen LogP contribution >= 0.6 is 11.8 Å². The Morgan fingerprint density at radius 3 is 2.60 bits per heavy atom. The van der Waals surface area contributed by atoms with Gasteiger partial charge in [0.2, 0.25) is 5.88 Å². The minimum absolute atomic E-state index is 0.473. The third-order valence-corrected chi connectivity index (χ3v) is 3.24. The number of nitrogens with zero attached hydrogens (tertiary/aromatic N) is 2. The standard InChI is InChI=1S/C14H18N4OS/c1-3-4-10-5-7-11(8-6-10)19-13-9-12(18-15)16-14(17-13)20-2/h5-9H,3-4,15H2,1-2H3,(H,16,17,18). The molecule has 20 heavy (non-hydrogen) atoms. The second kappa shape index (κ2) is 7.12. The summed E-state index contributed by atoms with van der Waals surface area (Å²) in [7, 11) is 0. The van der Waals surface area contributed by atoms with Crippen molar-refractivity contribution in [1.82, 2.24) is 9.97 Å². The third-order valence-electron chi connectivity index (χ3n) is 2.70. The number of ether oxygens (including phenoxy) is 1. The number of nitrogen functional groups attached to an aromatic ring is 1. The molecule has 0 saturated heterocycles. The van der Waals surface area contributed by atoms with E-state index in [4.69, 9.17) is 10.6 Å². The number of benzene rings is 1. The fourth-order valence-electron chi connectivity index (χ4n) is 1.75. The number of aromatic nitrogens is 2. The van der Waals surface area contributed by atoms with Crippen LogP contribution in [-0.4, -0.2) is 16.2 Å². The van der Waals surface area contributed by atoms with Crippen molar-refractivity contribution < 1.29 is 4.74 Å². The number of thioether (sulfide) groups is 1. The summed E-state index contributed by atoms with van der Waals surface area (Å²) in [6.45, 7) is 2.16. The molecule has 2 rings (SSSR count). The summed E-state index contributed by atoms with van der Waals surface area (Å²) in [4.78, 5) is 8.47. The lowest BCUT2D eigenvalue weighted by Gasteiger charge is -2.08. The van der Waals surface area contributed by atoms with Crippen LogP contribution in [0.4, 0.5) is 5.82 Å². The van der Waals surface area contributed by atoms with E-state index in [1.807, 2.05) is 18.4 Å². The van der Waals surface area contributed by atoms with Crippen molar-refractivity contribution in [3.8, 4) is 11.6 Å². The first kappa shape index (κ1) is 14.6. The summed E-state index contributed by atoms with van der Waals surface area (Å²) in [5, 5.41) is 0.609. The average Bonchev–Trinajstić information content (AvgIpc) is 2.49. The van der Waals surface area contributed by atoms with Crippen LogP contribution in [0.2, 0.25) is 0 Å². The van der Waals surface area contributed by atoms with E-state index in [0.29, 0.717) is 16.9 Å². The number of nitrogens with one attached hydrogen (secondary N) is 1. The van der Waals surface area contributed by atoms with Crippen molar-refractivity contribution in [3.63, 3.8) is 0 Å². The second-order valence-electron chi connectivity index (χ2n) is 4.22. The van der Waals surface area contributed by atoms with Crippen molar-refractivity contribution in [1.29, 1.82) is 0 Å². The van der Waals surface area contributed by atoms with E-state index in [1.54, 1.807) is 6.07 Å². The van der Waals surface area contributed by atoms with Crippen molar-refractivity contribution >= 4 is 17.6 Å². The Balaban J connectivity index is 2.16. The molecular formula is C14H18N4OS. The minimum Gasteiger partial charge on any atom is -0.439 e. The Morgan fingerprint density at radius 1 is 1.25 bits per heavy atom. The molecule has 0 atom stereocenters. The summed E-state index contributed by atoms with van der Waals surface area (Å²) in [5.41, 5.74) is 3.81. The van der Waals surface area contributed by atoms with Crippen molar-refractivity contribution in [2.45, 2.75) is 24.9 Å². The van der Waals surface area contributed by atoms with Crippen LogP contribution in [0.1, 0.15) is 18.9 Å². The highest BCUT2D eigenvalue weighted by atomic mass is 32.2. The van der Waals surface area contributed by atoms with Gasteiger partial charge in [-0.1, -0.05) is 37.2 Å². The van der Waals surface area contributed by atoms with Crippen LogP contribution in [0.25, 0.3) is 0 Å². The predicted octanol–water partition coefficient (Wildman–Crippen LogP) is 3.23. The molecule has 0 amide bonds. The van der Waals surface area contributed by atoms with Gasteiger partial charge in [-0.3, -0.25) is 0 Å². The molecular weight excluding hydrogens is 272 g/mol. The van der Waals surface area contributed by atoms with Crippen LogP contribution in [0, 0.1) is 0 Å². The molecule has 0 aliphatic carbocycles. The molecule has 0 saturated carbocycles. The van der Waals surface area contributed by atoms with Crippen molar-refractivity contribution in [3.05, 3.63) is 35.9 Å². The van der Waals surface area contributed by atoms with Gasteiger partial charge in [0.05, 0.1) is 0 Å². The molecule has 2 aromatic rings. The van der Waals surface area contributed by atoms with Crippen molar-refractivity contribution in [2.24, 2.45) is 5.84 Å². The highest BCUT2D eigenvalue weighted by Gasteiger charge is 2.05. The third kappa shape index (κ3) is 3.85. The summed E-state index contributed by atoms with van der Waals surface area (Å²) in [6, 6.07) is 9.69. The number of hydrogen-bond acceptors (Lipinski definition) is 6.